The number of nitrogens with one attached hydrogen (secondary N) is 2. The number of rotatable bonds is 3. The Balaban J connectivity index is 1.58. The summed E-state index contributed by atoms with van der Waals surface area (Å²) in [6, 6.07) is 15.8. The highest BCUT2D eigenvalue weighted by Gasteiger charge is 2.17. The number of aryl methyl sites for hydroxylation is 2. The fraction of sp³-hybridized carbons (Fsp3) is 0.143. The van der Waals surface area contributed by atoms with Crippen molar-refractivity contribution in [3.05, 3.63) is 77.0 Å². The van der Waals surface area contributed by atoms with Gasteiger partial charge in [0.05, 0.1) is 0 Å². The van der Waals surface area contributed by atoms with Crippen molar-refractivity contribution in [1.29, 1.82) is 0 Å². The molecule has 1 aliphatic rings. The highest BCUT2D eigenvalue weighted by atomic mass is 16.3. The number of aromatic hydroxyl groups is 1. The van der Waals surface area contributed by atoms with E-state index in [-0.39, 0.29) is 6.17 Å². The Morgan fingerprint density at radius 2 is 1.85 bits per heavy atom. The molecule has 1 aliphatic heterocycles. The summed E-state index contributed by atoms with van der Waals surface area (Å²) in [6.07, 6.45) is 3.49. The second kappa shape index (κ2) is 6.52. The van der Waals surface area contributed by atoms with Gasteiger partial charge in [0.1, 0.15) is 17.7 Å². The van der Waals surface area contributed by atoms with Crippen molar-refractivity contribution >= 4 is 23.4 Å². The number of benzene rings is 2. The summed E-state index contributed by atoms with van der Waals surface area (Å²) in [6.45, 7) is 3.81. The molecule has 0 bridgehead atoms. The van der Waals surface area contributed by atoms with Crippen LogP contribution in [0.3, 0.4) is 0 Å². The van der Waals surface area contributed by atoms with Crippen LogP contribution >= 0.6 is 0 Å². The first-order valence-electron chi connectivity index (χ1n) is 8.52. The van der Waals surface area contributed by atoms with Crippen molar-refractivity contribution in [2.75, 3.05) is 10.6 Å². The Labute approximate surface area is 152 Å². The summed E-state index contributed by atoms with van der Waals surface area (Å²) in [5.41, 5.74) is 5.77. The molecule has 0 fully saturated rings. The average molecular weight is 344 g/mol. The molecule has 0 spiro atoms. The van der Waals surface area contributed by atoms with Gasteiger partial charge in [0.25, 0.3) is 0 Å². The Kier molecular flexibility index (Phi) is 4.05. The van der Waals surface area contributed by atoms with Crippen molar-refractivity contribution < 1.29 is 5.11 Å². The van der Waals surface area contributed by atoms with Crippen LogP contribution in [0.2, 0.25) is 0 Å². The van der Waals surface area contributed by atoms with Gasteiger partial charge in [0.15, 0.2) is 0 Å². The van der Waals surface area contributed by atoms with Crippen molar-refractivity contribution in [3.8, 4) is 5.75 Å². The van der Waals surface area contributed by atoms with Gasteiger partial charge in [-0.3, -0.25) is 4.99 Å². The number of hydrogen-bond acceptors (Lipinski definition) is 5. The fourth-order valence-corrected chi connectivity index (χ4v) is 3.12. The lowest BCUT2D eigenvalue weighted by Crippen LogP contribution is -2.15. The van der Waals surface area contributed by atoms with Crippen LogP contribution in [0.1, 0.15) is 28.4 Å². The van der Waals surface area contributed by atoms with Crippen LogP contribution in [0.4, 0.5) is 17.2 Å². The summed E-state index contributed by atoms with van der Waals surface area (Å²) in [7, 11) is 0. The van der Waals surface area contributed by atoms with Crippen LogP contribution < -0.4 is 10.6 Å². The number of fused-ring (bicyclic) bond motifs is 1. The van der Waals surface area contributed by atoms with Gasteiger partial charge in [-0.05, 0) is 73.0 Å². The van der Waals surface area contributed by atoms with E-state index in [1.807, 2.05) is 68.6 Å². The molecule has 4 rings (SSSR count). The lowest BCUT2D eigenvalue weighted by molar-refractivity contribution is 0.466. The topological polar surface area (TPSA) is 69.5 Å². The minimum Gasteiger partial charge on any atom is -0.507 e. The maximum atomic E-state index is 9.97. The third-order valence-electron chi connectivity index (χ3n) is 4.47. The Morgan fingerprint density at radius 3 is 2.58 bits per heavy atom. The Bertz CT molecular complexity index is 960. The monoisotopic (exact) mass is 344 g/mol. The predicted molar refractivity (Wildman–Crippen MR) is 106 cm³/mol. The summed E-state index contributed by atoms with van der Waals surface area (Å²) >= 11 is 0. The molecule has 1 aromatic heterocycles. The van der Waals surface area contributed by atoms with E-state index in [4.69, 9.17) is 0 Å². The SMILES string of the molecule is Cc1cc(C2N=Cc3cc(Nc4ccccn4)ccc3N2)cc(C)c1O. The molecule has 0 saturated carbocycles. The molecule has 130 valence electrons. The van der Waals surface area contributed by atoms with E-state index in [0.29, 0.717) is 5.75 Å². The van der Waals surface area contributed by atoms with E-state index in [1.54, 1.807) is 6.20 Å². The molecule has 5 nitrogen and oxygen atoms in total. The zero-order valence-electron chi connectivity index (χ0n) is 14.7. The second-order valence-electron chi connectivity index (χ2n) is 6.47. The molecule has 1 unspecified atom stereocenters. The molecule has 1 atom stereocenters. The maximum Gasteiger partial charge on any atom is 0.144 e. The number of pyridine rings is 1. The fourth-order valence-electron chi connectivity index (χ4n) is 3.12. The van der Waals surface area contributed by atoms with E-state index in [0.717, 1.165) is 39.4 Å². The summed E-state index contributed by atoms with van der Waals surface area (Å²) in [4.78, 5) is 8.92. The maximum absolute atomic E-state index is 9.97. The van der Waals surface area contributed by atoms with Crippen LogP contribution in [0, 0.1) is 13.8 Å². The van der Waals surface area contributed by atoms with Crippen molar-refractivity contribution in [1.82, 2.24) is 4.98 Å². The van der Waals surface area contributed by atoms with Gasteiger partial charge in [-0.15, -0.1) is 0 Å². The number of anilines is 3. The molecule has 0 amide bonds. The average Bonchev–Trinajstić information content (AvgIpc) is 2.66. The van der Waals surface area contributed by atoms with Gasteiger partial charge in [0, 0.05) is 29.3 Å². The number of phenolic OH excluding ortho intramolecular Hbond substituents is 1. The van der Waals surface area contributed by atoms with Crippen molar-refractivity contribution in [2.24, 2.45) is 4.99 Å². The number of nitrogens with zero attached hydrogens (tertiary/aromatic N) is 2. The third-order valence-corrected chi connectivity index (χ3v) is 4.47. The summed E-state index contributed by atoms with van der Waals surface area (Å²) in [5, 5.41) is 16.7. The molecule has 26 heavy (non-hydrogen) atoms. The minimum absolute atomic E-state index is 0.157. The third kappa shape index (κ3) is 3.11. The smallest absolute Gasteiger partial charge is 0.144 e. The standard InChI is InChI=1S/C21H20N4O/c1-13-9-15(10-14(2)20(13)26)21-23-12-16-11-17(6-7-18(16)25-21)24-19-5-3-4-8-22-19/h3-12,21,25-26H,1-2H3,(H,22,24). The van der Waals surface area contributed by atoms with Gasteiger partial charge in [-0.25, -0.2) is 4.98 Å². The van der Waals surface area contributed by atoms with Gasteiger partial charge >= 0.3 is 0 Å². The van der Waals surface area contributed by atoms with Gasteiger partial charge in [0.2, 0.25) is 0 Å². The molecule has 0 radical (unpaired) electrons. The second-order valence-corrected chi connectivity index (χ2v) is 6.47. The number of hydrogen-bond donors (Lipinski definition) is 3. The van der Waals surface area contributed by atoms with Crippen LogP contribution in [0.5, 0.6) is 5.75 Å². The van der Waals surface area contributed by atoms with Crippen molar-refractivity contribution in [2.45, 2.75) is 20.0 Å². The minimum atomic E-state index is -0.157. The van der Waals surface area contributed by atoms with Crippen LogP contribution in [0.25, 0.3) is 0 Å². The molecule has 3 aromatic rings. The highest BCUT2D eigenvalue weighted by molar-refractivity contribution is 5.91. The van der Waals surface area contributed by atoms with E-state index >= 15 is 0 Å². The van der Waals surface area contributed by atoms with E-state index in [9.17, 15) is 5.11 Å². The van der Waals surface area contributed by atoms with Crippen LogP contribution in [-0.2, 0) is 0 Å². The Hall–Kier alpha value is -3.34. The van der Waals surface area contributed by atoms with Crippen LogP contribution in [-0.4, -0.2) is 16.3 Å². The summed E-state index contributed by atoms with van der Waals surface area (Å²) in [5.74, 6) is 1.15. The molecule has 3 N–H and O–H groups in total. The quantitative estimate of drug-likeness (QED) is 0.645. The van der Waals surface area contributed by atoms with E-state index in [2.05, 4.69) is 20.6 Å². The lowest BCUT2D eigenvalue weighted by atomic mass is 10.0. The molecular formula is C21H20N4O. The molecule has 2 aromatic carbocycles. The highest BCUT2D eigenvalue weighted by Crippen LogP contribution is 2.32. The van der Waals surface area contributed by atoms with E-state index in [1.165, 1.54) is 0 Å². The van der Waals surface area contributed by atoms with Crippen LogP contribution in [0.15, 0.2) is 59.7 Å². The Morgan fingerprint density at radius 1 is 1.04 bits per heavy atom. The largest absolute Gasteiger partial charge is 0.507 e. The lowest BCUT2D eigenvalue weighted by Gasteiger charge is -2.23. The first-order chi connectivity index (χ1) is 12.6. The van der Waals surface area contributed by atoms with Gasteiger partial charge in [-0.1, -0.05) is 6.07 Å². The number of phenols is 1. The number of aromatic nitrogens is 1. The normalized spacial score (nSPS) is 15.2. The predicted octanol–water partition coefficient (Wildman–Crippen LogP) is 4.69. The first-order valence-corrected chi connectivity index (χ1v) is 8.52. The molecule has 5 heteroatoms. The zero-order valence-corrected chi connectivity index (χ0v) is 14.7. The van der Waals surface area contributed by atoms with Gasteiger partial charge < -0.3 is 15.7 Å². The molecule has 0 saturated heterocycles. The molecular weight excluding hydrogens is 324 g/mol. The zero-order chi connectivity index (χ0) is 18.1. The molecule has 2 heterocycles. The van der Waals surface area contributed by atoms with E-state index < -0.39 is 0 Å². The number of aliphatic imine (C=N–C) groups is 1. The first kappa shape index (κ1) is 16.1. The molecule has 0 aliphatic carbocycles. The van der Waals surface area contributed by atoms with Gasteiger partial charge in [-0.2, -0.15) is 0 Å². The van der Waals surface area contributed by atoms with Crippen molar-refractivity contribution in [3.63, 3.8) is 0 Å². The summed E-state index contributed by atoms with van der Waals surface area (Å²) < 4.78 is 0.